The van der Waals surface area contributed by atoms with Gasteiger partial charge in [0, 0.05) is 23.0 Å². The summed E-state index contributed by atoms with van der Waals surface area (Å²) in [7, 11) is 0. The summed E-state index contributed by atoms with van der Waals surface area (Å²) < 4.78 is 7.11. The van der Waals surface area contributed by atoms with Crippen molar-refractivity contribution in [1.82, 2.24) is 9.72 Å². The fourth-order valence-corrected chi connectivity index (χ4v) is 3.31. The molecule has 0 saturated carbocycles. The summed E-state index contributed by atoms with van der Waals surface area (Å²) in [5.74, 6) is 1.13. The van der Waals surface area contributed by atoms with Gasteiger partial charge in [0.05, 0.1) is 0 Å². The van der Waals surface area contributed by atoms with Gasteiger partial charge in [0.1, 0.15) is 17.4 Å². The SMILES string of the molecule is Cc1cc(C)cc(C(=O)C(C#N)=Cc2cc(C)n(-c3cc(C)on3)c2C)c1. The minimum absolute atomic E-state index is 0.108. The van der Waals surface area contributed by atoms with E-state index in [1.807, 2.05) is 69.5 Å². The minimum atomic E-state index is -0.272. The molecule has 0 aliphatic carbocycles. The van der Waals surface area contributed by atoms with E-state index in [4.69, 9.17) is 4.52 Å². The van der Waals surface area contributed by atoms with E-state index in [0.29, 0.717) is 11.4 Å². The second kappa shape index (κ2) is 7.08. The lowest BCUT2D eigenvalue weighted by molar-refractivity contribution is 0.104. The van der Waals surface area contributed by atoms with Gasteiger partial charge in [-0.15, -0.1) is 0 Å². The topological polar surface area (TPSA) is 71.8 Å². The molecule has 0 bridgehead atoms. The molecule has 0 spiro atoms. The summed E-state index contributed by atoms with van der Waals surface area (Å²) in [6, 6.07) is 11.5. The van der Waals surface area contributed by atoms with Crippen LogP contribution in [0.25, 0.3) is 11.9 Å². The van der Waals surface area contributed by atoms with Gasteiger partial charge in [0.25, 0.3) is 0 Å². The zero-order chi connectivity index (χ0) is 19.7. The summed E-state index contributed by atoms with van der Waals surface area (Å²) in [6.45, 7) is 9.59. The highest BCUT2D eigenvalue weighted by atomic mass is 16.5. The molecule has 5 nitrogen and oxygen atoms in total. The Morgan fingerprint density at radius 3 is 2.30 bits per heavy atom. The van der Waals surface area contributed by atoms with E-state index < -0.39 is 0 Å². The lowest BCUT2D eigenvalue weighted by Crippen LogP contribution is -2.03. The predicted octanol–water partition coefficient (Wildman–Crippen LogP) is 4.80. The molecule has 3 aromatic rings. The Morgan fingerprint density at radius 1 is 1.07 bits per heavy atom. The van der Waals surface area contributed by atoms with E-state index in [1.54, 1.807) is 6.08 Å². The standard InChI is InChI=1S/C22H21N3O2/c1-13-6-14(2)8-19(7-13)22(26)20(12-23)11-18-9-15(3)25(17(18)5)21-10-16(4)27-24-21/h6-11H,1-5H3. The van der Waals surface area contributed by atoms with Crippen molar-refractivity contribution in [2.45, 2.75) is 34.6 Å². The Balaban J connectivity index is 2.04. The van der Waals surface area contributed by atoms with Gasteiger partial charge in [-0.1, -0.05) is 22.3 Å². The molecule has 0 aliphatic rings. The van der Waals surface area contributed by atoms with Gasteiger partial charge >= 0.3 is 0 Å². The van der Waals surface area contributed by atoms with Crippen molar-refractivity contribution in [3.05, 3.63) is 75.3 Å². The first kappa shape index (κ1) is 18.4. The van der Waals surface area contributed by atoms with Crippen LogP contribution in [0.15, 0.2) is 40.4 Å². The number of aryl methyl sites for hydroxylation is 4. The summed E-state index contributed by atoms with van der Waals surface area (Å²) in [5.41, 5.74) is 5.27. The molecule has 0 radical (unpaired) electrons. The van der Waals surface area contributed by atoms with Crippen LogP contribution in [0.4, 0.5) is 0 Å². The molecule has 0 unspecified atom stereocenters. The Hall–Kier alpha value is -3.39. The number of benzene rings is 1. The second-order valence-electron chi connectivity index (χ2n) is 6.83. The van der Waals surface area contributed by atoms with Crippen molar-refractivity contribution in [3.63, 3.8) is 0 Å². The first-order chi connectivity index (χ1) is 12.8. The van der Waals surface area contributed by atoms with Crippen LogP contribution in [-0.4, -0.2) is 15.5 Å². The van der Waals surface area contributed by atoms with Gasteiger partial charge in [-0.05, 0) is 64.5 Å². The van der Waals surface area contributed by atoms with E-state index in [1.165, 1.54) is 0 Å². The molecule has 5 heteroatoms. The fourth-order valence-electron chi connectivity index (χ4n) is 3.31. The molecule has 1 aromatic carbocycles. The number of Topliss-reactive ketones (excluding diaryl/α,β-unsaturated/α-hetero) is 1. The molecule has 0 aliphatic heterocycles. The molecular formula is C22H21N3O2. The van der Waals surface area contributed by atoms with E-state index in [0.717, 1.165) is 33.8 Å². The number of hydrogen-bond donors (Lipinski definition) is 0. The van der Waals surface area contributed by atoms with Crippen LogP contribution in [0.2, 0.25) is 0 Å². The highest BCUT2D eigenvalue weighted by Gasteiger charge is 2.17. The highest BCUT2D eigenvalue weighted by molar-refractivity contribution is 6.14. The van der Waals surface area contributed by atoms with E-state index in [2.05, 4.69) is 11.2 Å². The third-order valence-corrected chi connectivity index (χ3v) is 4.46. The normalized spacial score (nSPS) is 11.5. The number of nitriles is 1. The number of hydrogen-bond acceptors (Lipinski definition) is 4. The van der Waals surface area contributed by atoms with Crippen molar-refractivity contribution in [2.24, 2.45) is 0 Å². The van der Waals surface area contributed by atoms with Crippen LogP contribution in [0, 0.1) is 45.9 Å². The predicted molar refractivity (Wildman–Crippen MR) is 104 cm³/mol. The van der Waals surface area contributed by atoms with Gasteiger partial charge in [0.15, 0.2) is 5.82 Å². The molecule has 3 rings (SSSR count). The van der Waals surface area contributed by atoms with Crippen molar-refractivity contribution < 1.29 is 9.32 Å². The van der Waals surface area contributed by atoms with Crippen LogP contribution in [0.1, 0.15) is 44.2 Å². The van der Waals surface area contributed by atoms with Crippen molar-refractivity contribution in [1.29, 1.82) is 5.26 Å². The van der Waals surface area contributed by atoms with E-state index in [9.17, 15) is 10.1 Å². The first-order valence-electron chi connectivity index (χ1n) is 8.67. The summed E-state index contributed by atoms with van der Waals surface area (Å²) >= 11 is 0. The molecule has 0 amide bonds. The Bertz CT molecular complexity index is 1090. The molecule has 2 aromatic heterocycles. The third kappa shape index (κ3) is 3.61. The monoisotopic (exact) mass is 359 g/mol. The third-order valence-electron chi connectivity index (χ3n) is 4.46. The Morgan fingerprint density at radius 2 is 1.74 bits per heavy atom. The number of ketones is 1. The molecule has 0 saturated heterocycles. The molecule has 0 atom stereocenters. The van der Waals surface area contributed by atoms with Crippen molar-refractivity contribution in [3.8, 4) is 11.9 Å². The van der Waals surface area contributed by atoms with Gasteiger partial charge in [-0.3, -0.25) is 9.36 Å². The zero-order valence-electron chi connectivity index (χ0n) is 16.1. The molecule has 2 heterocycles. The number of aromatic nitrogens is 2. The van der Waals surface area contributed by atoms with Crippen LogP contribution in [0.5, 0.6) is 0 Å². The minimum Gasteiger partial charge on any atom is -0.360 e. The maximum Gasteiger partial charge on any atom is 0.203 e. The van der Waals surface area contributed by atoms with Gasteiger partial charge in [-0.2, -0.15) is 5.26 Å². The van der Waals surface area contributed by atoms with Crippen molar-refractivity contribution in [2.75, 3.05) is 0 Å². The quantitative estimate of drug-likeness (QED) is 0.381. The van der Waals surface area contributed by atoms with Crippen LogP contribution in [-0.2, 0) is 0 Å². The highest BCUT2D eigenvalue weighted by Crippen LogP contribution is 2.24. The maximum atomic E-state index is 12.8. The number of allylic oxidation sites excluding steroid dienone is 1. The molecular weight excluding hydrogens is 338 g/mol. The van der Waals surface area contributed by atoms with Crippen LogP contribution >= 0.6 is 0 Å². The molecule has 136 valence electrons. The molecule has 0 N–H and O–H groups in total. The smallest absolute Gasteiger partial charge is 0.203 e. The largest absolute Gasteiger partial charge is 0.360 e. The van der Waals surface area contributed by atoms with E-state index in [-0.39, 0.29) is 11.4 Å². The van der Waals surface area contributed by atoms with Crippen LogP contribution in [0.3, 0.4) is 0 Å². The lowest BCUT2D eigenvalue weighted by atomic mass is 9.98. The molecule has 27 heavy (non-hydrogen) atoms. The summed E-state index contributed by atoms with van der Waals surface area (Å²) in [6.07, 6.45) is 1.64. The van der Waals surface area contributed by atoms with Gasteiger partial charge in [0.2, 0.25) is 5.78 Å². The number of rotatable bonds is 4. The maximum absolute atomic E-state index is 12.8. The first-order valence-corrected chi connectivity index (χ1v) is 8.67. The average Bonchev–Trinajstić information content (AvgIpc) is 3.14. The second-order valence-corrected chi connectivity index (χ2v) is 6.83. The van der Waals surface area contributed by atoms with Crippen LogP contribution < -0.4 is 0 Å². The number of nitrogens with zero attached hydrogens (tertiary/aromatic N) is 3. The Labute approximate surface area is 158 Å². The number of carbonyl (C=O) groups is 1. The molecule has 0 fully saturated rings. The van der Waals surface area contributed by atoms with E-state index >= 15 is 0 Å². The van der Waals surface area contributed by atoms with Gasteiger partial charge in [-0.25, -0.2) is 0 Å². The Kier molecular flexibility index (Phi) is 4.83. The zero-order valence-corrected chi connectivity index (χ0v) is 16.1. The van der Waals surface area contributed by atoms with Gasteiger partial charge < -0.3 is 4.52 Å². The lowest BCUT2D eigenvalue weighted by Gasteiger charge is -2.05. The fraction of sp³-hybridized carbons (Fsp3) is 0.227. The van der Waals surface area contributed by atoms with Crippen molar-refractivity contribution >= 4 is 11.9 Å². The average molecular weight is 359 g/mol. The summed E-state index contributed by atoms with van der Waals surface area (Å²) in [4.78, 5) is 12.8. The number of carbonyl (C=O) groups excluding carboxylic acids is 1. The summed E-state index contributed by atoms with van der Waals surface area (Å²) in [5, 5.41) is 13.6.